The molecule has 49 heavy (non-hydrogen) atoms. The molecule has 0 saturated heterocycles. The maximum absolute atomic E-state index is 4.18. The number of aromatic nitrogens is 1. The first-order chi connectivity index (χ1) is 24.0. The number of pyridine rings is 1. The lowest BCUT2D eigenvalue weighted by Gasteiger charge is -2.18. The van der Waals surface area contributed by atoms with Gasteiger partial charge in [-0.2, -0.15) is 0 Å². The zero-order valence-electron chi connectivity index (χ0n) is 30.7. The summed E-state index contributed by atoms with van der Waals surface area (Å²) in [6.45, 7) is 16.7. The minimum atomic E-state index is 0.836. The average Bonchev–Trinajstić information content (AvgIpc) is 3.62. The minimum absolute atomic E-state index is 0.836. The molecule has 0 saturated carbocycles. The molecule has 3 aromatic carbocycles. The molecule has 0 unspecified atom stereocenters. The number of likely N-dealkylation sites (N-methyl/N-ethyl adjacent to an activating group) is 1. The van der Waals surface area contributed by atoms with Crippen molar-refractivity contribution >= 4 is 23.1 Å². The predicted octanol–water partition coefficient (Wildman–Crippen LogP) is 12.4. The normalized spacial score (nSPS) is 10.8. The summed E-state index contributed by atoms with van der Waals surface area (Å²) in [5, 5.41) is 6.85. The molecule has 0 radical (unpaired) electrons. The van der Waals surface area contributed by atoms with Crippen LogP contribution in [0, 0.1) is 0 Å². The van der Waals surface area contributed by atoms with Gasteiger partial charge >= 0.3 is 0 Å². The fraction of sp³-hybridized carbons (Fsp3) is 0.311. The van der Waals surface area contributed by atoms with Crippen molar-refractivity contribution in [2.75, 3.05) is 18.9 Å². The highest BCUT2D eigenvalue weighted by Gasteiger charge is 2.13. The van der Waals surface area contributed by atoms with Crippen LogP contribution < -0.4 is 10.6 Å². The van der Waals surface area contributed by atoms with Crippen molar-refractivity contribution < 1.29 is 0 Å². The smallest absolute Gasteiger partial charge is 0.0494 e. The lowest BCUT2D eigenvalue weighted by atomic mass is 9.91. The van der Waals surface area contributed by atoms with E-state index in [4.69, 9.17) is 0 Å². The lowest BCUT2D eigenvalue weighted by molar-refractivity contribution is 0.883. The van der Waals surface area contributed by atoms with Gasteiger partial charge in [0.25, 0.3) is 0 Å². The summed E-state index contributed by atoms with van der Waals surface area (Å²) in [5.41, 5.74) is 11.8. The number of aryl methyl sites for hydroxylation is 1. The van der Waals surface area contributed by atoms with Crippen LogP contribution in [0.4, 0.5) is 5.69 Å². The number of unbranched alkanes of at least 4 members (excludes halogenated alkanes) is 1. The molecule has 0 aliphatic rings. The summed E-state index contributed by atoms with van der Waals surface area (Å²) < 4.78 is 0. The first kappa shape index (κ1) is 39.2. The highest BCUT2D eigenvalue weighted by atomic mass is 32.1. The van der Waals surface area contributed by atoms with E-state index in [1.165, 1.54) is 79.2 Å². The van der Waals surface area contributed by atoms with Crippen LogP contribution >= 0.6 is 11.3 Å². The van der Waals surface area contributed by atoms with E-state index in [9.17, 15) is 0 Å². The molecule has 0 amide bonds. The summed E-state index contributed by atoms with van der Waals surface area (Å²) in [7, 11) is 1.97. The van der Waals surface area contributed by atoms with E-state index >= 15 is 0 Å². The van der Waals surface area contributed by atoms with Crippen LogP contribution in [0.25, 0.3) is 27.6 Å². The second kappa shape index (κ2) is 22.4. The van der Waals surface area contributed by atoms with Crippen LogP contribution in [-0.4, -0.2) is 18.6 Å². The van der Waals surface area contributed by atoms with Gasteiger partial charge in [0.05, 0.1) is 0 Å². The van der Waals surface area contributed by atoms with Crippen molar-refractivity contribution in [3.8, 4) is 21.6 Å². The molecular weight excluding hydrogens is 615 g/mol. The SMILES string of the molecule is C=CCc1c(-c2ccccc2)ccc(NCc2ccc(-c3ccccc3)s2)c1CC.CCCC.CCCc1ccncc1/C=C(\C)CNC. The number of rotatable bonds is 14. The maximum atomic E-state index is 4.18. The van der Waals surface area contributed by atoms with Gasteiger partial charge in [0.2, 0.25) is 0 Å². The minimum Gasteiger partial charge on any atom is -0.380 e. The highest BCUT2D eigenvalue weighted by Crippen LogP contribution is 2.33. The summed E-state index contributed by atoms with van der Waals surface area (Å²) in [6, 6.07) is 32.3. The second-order valence-corrected chi connectivity index (χ2v) is 13.3. The number of hydrogen-bond acceptors (Lipinski definition) is 4. The number of anilines is 1. The third-order valence-electron chi connectivity index (χ3n) is 8.21. The van der Waals surface area contributed by atoms with Crippen molar-refractivity contribution in [2.24, 2.45) is 0 Å². The predicted molar refractivity (Wildman–Crippen MR) is 219 cm³/mol. The van der Waals surface area contributed by atoms with Gasteiger partial charge in [-0.1, -0.05) is 131 Å². The van der Waals surface area contributed by atoms with Crippen molar-refractivity contribution in [2.45, 2.75) is 79.7 Å². The highest BCUT2D eigenvalue weighted by molar-refractivity contribution is 7.15. The molecule has 0 bridgehead atoms. The topological polar surface area (TPSA) is 37.0 Å². The van der Waals surface area contributed by atoms with Gasteiger partial charge in [-0.3, -0.25) is 4.98 Å². The third kappa shape index (κ3) is 12.6. The van der Waals surface area contributed by atoms with Crippen molar-refractivity contribution in [3.63, 3.8) is 0 Å². The van der Waals surface area contributed by atoms with Crippen LogP contribution in [0.5, 0.6) is 0 Å². The van der Waals surface area contributed by atoms with Crippen molar-refractivity contribution in [3.05, 3.63) is 149 Å². The molecule has 0 aliphatic carbocycles. The van der Waals surface area contributed by atoms with Crippen LogP contribution in [0.2, 0.25) is 0 Å². The van der Waals surface area contributed by atoms with E-state index in [0.29, 0.717) is 0 Å². The Hall–Kier alpha value is -4.25. The van der Waals surface area contributed by atoms with E-state index in [-0.39, 0.29) is 0 Å². The van der Waals surface area contributed by atoms with Crippen LogP contribution in [-0.2, 0) is 25.8 Å². The quantitative estimate of drug-likeness (QED) is 0.115. The molecule has 5 rings (SSSR count). The van der Waals surface area contributed by atoms with Gasteiger partial charge in [-0.25, -0.2) is 0 Å². The lowest BCUT2D eigenvalue weighted by Crippen LogP contribution is -2.08. The van der Waals surface area contributed by atoms with E-state index in [2.05, 4.69) is 154 Å². The Labute approximate surface area is 301 Å². The molecule has 0 spiro atoms. The van der Waals surface area contributed by atoms with E-state index in [0.717, 1.165) is 32.4 Å². The van der Waals surface area contributed by atoms with Gasteiger partial charge in [-0.05, 0) is 96.4 Å². The largest absolute Gasteiger partial charge is 0.380 e. The van der Waals surface area contributed by atoms with Crippen molar-refractivity contribution in [1.82, 2.24) is 10.3 Å². The zero-order chi connectivity index (χ0) is 35.3. The molecule has 3 nitrogen and oxygen atoms in total. The molecule has 2 aromatic heterocycles. The Kier molecular flexibility index (Phi) is 17.9. The Morgan fingerprint density at radius 3 is 2.10 bits per heavy atom. The molecule has 0 aliphatic heterocycles. The maximum Gasteiger partial charge on any atom is 0.0494 e. The Balaban J connectivity index is 0.000000286. The molecule has 4 heteroatoms. The second-order valence-electron chi connectivity index (χ2n) is 12.2. The summed E-state index contributed by atoms with van der Waals surface area (Å²) in [6.07, 6.45) is 14.9. The number of benzene rings is 3. The molecule has 5 aromatic rings. The van der Waals surface area contributed by atoms with Crippen LogP contribution in [0.3, 0.4) is 0 Å². The molecular formula is C45H57N3S. The first-order valence-corrected chi connectivity index (χ1v) is 18.7. The Bertz CT molecular complexity index is 1680. The van der Waals surface area contributed by atoms with Gasteiger partial charge in [0, 0.05) is 40.9 Å². The molecule has 2 heterocycles. The van der Waals surface area contributed by atoms with Gasteiger partial charge < -0.3 is 10.6 Å². The summed E-state index contributed by atoms with van der Waals surface area (Å²) in [5.74, 6) is 0. The van der Waals surface area contributed by atoms with Gasteiger partial charge in [-0.15, -0.1) is 17.9 Å². The fourth-order valence-electron chi connectivity index (χ4n) is 5.60. The number of nitrogens with one attached hydrogen (secondary N) is 2. The van der Waals surface area contributed by atoms with E-state index < -0.39 is 0 Å². The number of nitrogens with zero attached hydrogens (tertiary/aromatic N) is 1. The van der Waals surface area contributed by atoms with E-state index in [1.807, 2.05) is 36.9 Å². The molecule has 0 atom stereocenters. The molecule has 0 fully saturated rings. The number of hydrogen-bond donors (Lipinski definition) is 2. The van der Waals surface area contributed by atoms with Gasteiger partial charge in [0.15, 0.2) is 0 Å². The molecule has 258 valence electrons. The summed E-state index contributed by atoms with van der Waals surface area (Å²) in [4.78, 5) is 6.83. The Morgan fingerprint density at radius 1 is 0.796 bits per heavy atom. The van der Waals surface area contributed by atoms with E-state index in [1.54, 1.807) is 0 Å². The van der Waals surface area contributed by atoms with Crippen LogP contribution in [0.15, 0.2) is 122 Å². The monoisotopic (exact) mass is 671 g/mol. The summed E-state index contributed by atoms with van der Waals surface area (Å²) >= 11 is 1.85. The van der Waals surface area contributed by atoms with Crippen LogP contribution in [0.1, 0.15) is 81.0 Å². The fourth-order valence-corrected chi connectivity index (χ4v) is 6.55. The first-order valence-electron chi connectivity index (χ1n) is 17.9. The third-order valence-corrected chi connectivity index (χ3v) is 9.35. The zero-order valence-corrected chi connectivity index (χ0v) is 31.5. The number of allylic oxidation sites excluding steroid dienone is 1. The van der Waals surface area contributed by atoms with Gasteiger partial charge in [0.1, 0.15) is 0 Å². The van der Waals surface area contributed by atoms with Crippen molar-refractivity contribution in [1.29, 1.82) is 0 Å². The number of thiophene rings is 1. The Morgan fingerprint density at radius 2 is 1.49 bits per heavy atom. The average molecular weight is 672 g/mol. The molecule has 2 N–H and O–H groups in total. The standard InChI is InChI=1S/C28H27NS.C13H20N2.C4H10/c1-3-11-26-24(4-2)27(18-17-25(26)21-12-7-5-8-13-21)29-20-23-16-19-28(30-23)22-14-9-6-10-15-22;1-4-5-12-6-7-15-10-13(12)8-11(2)9-14-3;1-3-4-2/h3,5-10,12-19,29H,1,4,11,20H2,2H3;6-8,10,14H,4-5,9H2,1-3H3;3-4H2,1-2H3/b;11-8+;.